The highest BCUT2D eigenvalue weighted by atomic mass is 32.2. The summed E-state index contributed by atoms with van der Waals surface area (Å²) in [5.41, 5.74) is 6.78. The zero-order valence-electron chi connectivity index (χ0n) is 21.8. The summed E-state index contributed by atoms with van der Waals surface area (Å²) in [4.78, 5) is 61.3. The number of rotatable bonds is 17. The van der Waals surface area contributed by atoms with Gasteiger partial charge >= 0.3 is 11.9 Å². The van der Waals surface area contributed by atoms with Gasteiger partial charge in [0, 0.05) is 6.42 Å². The Balaban J connectivity index is 2.97. The summed E-state index contributed by atoms with van der Waals surface area (Å²) in [5.74, 6) is -4.29. The Morgan fingerprint density at radius 1 is 0.921 bits per heavy atom. The Labute approximate surface area is 226 Å². The Bertz CT molecular complexity index is 959. The van der Waals surface area contributed by atoms with E-state index in [1.165, 1.54) is 23.9 Å². The molecule has 0 aliphatic carbocycles. The van der Waals surface area contributed by atoms with Crippen LogP contribution in [0.25, 0.3) is 0 Å². The Morgan fingerprint density at radius 2 is 1.53 bits per heavy atom. The van der Waals surface area contributed by atoms with Crippen molar-refractivity contribution in [2.24, 2.45) is 11.7 Å². The van der Waals surface area contributed by atoms with Crippen LogP contribution in [0.4, 0.5) is 0 Å². The molecule has 3 amide bonds. The lowest BCUT2D eigenvalue weighted by Gasteiger charge is -2.28. The SMILES string of the molecule is CCC(C)C(NC(=O)C(N)Cc1ccc(O)cc1)C(=O)NC(CCSC)C(=O)NC(CCC(=O)O)C(=O)O. The number of nitrogens with two attached hydrogens (primary N) is 1. The van der Waals surface area contributed by atoms with E-state index in [-0.39, 0.29) is 30.9 Å². The fraction of sp³-hybridized carbons (Fsp3) is 0.560. The van der Waals surface area contributed by atoms with Crippen LogP contribution in [0.1, 0.15) is 45.1 Å². The van der Waals surface area contributed by atoms with Gasteiger partial charge in [0.05, 0.1) is 6.04 Å². The van der Waals surface area contributed by atoms with Crippen LogP contribution in [0.3, 0.4) is 0 Å². The number of carbonyl (C=O) groups is 5. The molecule has 5 unspecified atom stereocenters. The number of carbonyl (C=O) groups excluding carboxylic acids is 3. The van der Waals surface area contributed by atoms with Gasteiger partial charge in [-0.1, -0.05) is 32.4 Å². The number of amides is 3. The van der Waals surface area contributed by atoms with E-state index in [9.17, 15) is 34.2 Å². The molecule has 8 N–H and O–H groups in total. The van der Waals surface area contributed by atoms with Gasteiger partial charge in [0.15, 0.2) is 0 Å². The topological polar surface area (TPSA) is 208 Å². The van der Waals surface area contributed by atoms with E-state index in [1.54, 1.807) is 25.3 Å². The molecule has 5 atom stereocenters. The van der Waals surface area contributed by atoms with Crippen molar-refractivity contribution in [3.63, 3.8) is 0 Å². The van der Waals surface area contributed by atoms with Crippen LogP contribution < -0.4 is 21.7 Å². The number of aliphatic carboxylic acids is 2. The minimum atomic E-state index is -1.43. The molecular weight excluding hydrogens is 516 g/mol. The van der Waals surface area contributed by atoms with Gasteiger partial charge < -0.3 is 37.0 Å². The van der Waals surface area contributed by atoms with Crippen LogP contribution in [0, 0.1) is 5.92 Å². The number of phenolic OH excluding ortho intramolecular Hbond substituents is 1. The number of aromatic hydroxyl groups is 1. The van der Waals surface area contributed by atoms with Gasteiger partial charge in [-0.05, 0) is 54.9 Å². The molecule has 0 saturated heterocycles. The summed E-state index contributed by atoms with van der Waals surface area (Å²) in [6.45, 7) is 3.60. The summed E-state index contributed by atoms with van der Waals surface area (Å²) in [5, 5.41) is 35.2. The van der Waals surface area contributed by atoms with Crippen LogP contribution >= 0.6 is 11.8 Å². The van der Waals surface area contributed by atoms with Crippen molar-refractivity contribution >= 4 is 41.4 Å². The van der Waals surface area contributed by atoms with E-state index in [0.29, 0.717) is 12.2 Å². The van der Waals surface area contributed by atoms with Gasteiger partial charge in [0.25, 0.3) is 0 Å². The number of nitrogens with one attached hydrogen (secondary N) is 3. The van der Waals surface area contributed by atoms with E-state index in [4.69, 9.17) is 10.8 Å². The third-order valence-electron chi connectivity index (χ3n) is 6.03. The third kappa shape index (κ3) is 11.4. The predicted molar refractivity (Wildman–Crippen MR) is 143 cm³/mol. The molecule has 212 valence electrons. The van der Waals surface area contributed by atoms with E-state index in [2.05, 4.69) is 16.0 Å². The lowest BCUT2D eigenvalue weighted by molar-refractivity contribution is -0.143. The zero-order chi connectivity index (χ0) is 28.8. The normalized spacial score (nSPS) is 14.8. The van der Waals surface area contributed by atoms with Crippen LogP contribution in [-0.4, -0.2) is 81.2 Å². The minimum Gasteiger partial charge on any atom is -0.508 e. The first-order valence-corrected chi connectivity index (χ1v) is 13.7. The van der Waals surface area contributed by atoms with Gasteiger partial charge in [-0.3, -0.25) is 19.2 Å². The Hall–Kier alpha value is -3.32. The third-order valence-corrected chi connectivity index (χ3v) is 6.67. The van der Waals surface area contributed by atoms with Crippen LogP contribution in [0.2, 0.25) is 0 Å². The summed E-state index contributed by atoms with van der Waals surface area (Å²) in [6, 6.07) is 1.71. The van der Waals surface area contributed by atoms with Crippen LogP contribution in [0.15, 0.2) is 24.3 Å². The first-order valence-electron chi connectivity index (χ1n) is 12.3. The highest BCUT2D eigenvalue weighted by Crippen LogP contribution is 2.13. The Kier molecular flexibility index (Phi) is 14.2. The maximum absolute atomic E-state index is 13.2. The molecule has 1 aromatic rings. The number of phenols is 1. The molecule has 0 fully saturated rings. The molecule has 0 aliphatic heterocycles. The number of hydrogen-bond donors (Lipinski definition) is 7. The summed E-state index contributed by atoms with van der Waals surface area (Å²) >= 11 is 1.42. The first kappa shape index (κ1) is 32.7. The second-order valence-corrected chi connectivity index (χ2v) is 10.0. The average Bonchev–Trinajstić information content (AvgIpc) is 2.87. The molecule has 1 rings (SSSR count). The molecule has 0 bridgehead atoms. The molecular formula is C25H38N4O8S. The summed E-state index contributed by atoms with van der Waals surface area (Å²) in [6.07, 6.45) is 1.93. The van der Waals surface area contributed by atoms with Gasteiger partial charge in [-0.25, -0.2) is 4.79 Å². The quantitative estimate of drug-likeness (QED) is 0.141. The van der Waals surface area contributed by atoms with Crippen molar-refractivity contribution in [1.82, 2.24) is 16.0 Å². The molecule has 0 aromatic heterocycles. The molecule has 12 nitrogen and oxygen atoms in total. The molecule has 13 heteroatoms. The number of benzene rings is 1. The van der Waals surface area contributed by atoms with Crippen LogP contribution in [-0.2, 0) is 30.4 Å². The van der Waals surface area contributed by atoms with Gasteiger partial charge in [-0.15, -0.1) is 0 Å². The largest absolute Gasteiger partial charge is 0.508 e. The van der Waals surface area contributed by atoms with Crippen molar-refractivity contribution in [1.29, 1.82) is 0 Å². The molecule has 0 aliphatic rings. The highest BCUT2D eigenvalue weighted by Gasteiger charge is 2.32. The number of thioether (sulfide) groups is 1. The molecule has 38 heavy (non-hydrogen) atoms. The van der Waals surface area contributed by atoms with E-state index in [0.717, 1.165) is 5.56 Å². The average molecular weight is 555 g/mol. The van der Waals surface area contributed by atoms with Gasteiger partial charge in [-0.2, -0.15) is 11.8 Å². The second kappa shape index (κ2) is 16.5. The lowest BCUT2D eigenvalue weighted by Crippen LogP contribution is -2.58. The molecule has 0 radical (unpaired) electrons. The van der Waals surface area contributed by atoms with E-state index >= 15 is 0 Å². The number of carboxylic acid groups (broad SMARTS) is 2. The molecule has 0 saturated carbocycles. The molecule has 1 aromatic carbocycles. The highest BCUT2D eigenvalue weighted by molar-refractivity contribution is 7.98. The van der Waals surface area contributed by atoms with Gasteiger partial charge in [0.2, 0.25) is 17.7 Å². The smallest absolute Gasteiger partial charge is 0.326 e. The number of hydrogen-bond acceptors (Lipinski definition) is 8. The van der Waals surface area contributed by atoms with E-state index in [1.807, 2.05) is 6.92 Å². The molecule has 0 heterocycles. The van der Waals surface area contributed by atoms with E-state index < -0.39 is 60.2 Å². The first-order chi connectivity index (χ1) is 17.9. The second-order valence-electron chi connectivity index (χ2n) is 9.02. The van der Waals surface area contributed by atoms with Crippen molar-refractivity contribution in [2.45, 2.75) is 70.1 Å². The minimum absolute atomic E-state index is 0.0805. The van der Waals surface area contributed by atoms with Crippen molar-refractivity contribution in [3.8, 4) is 5.75 Å². The summed E-state index contributed by atoms with van der Waals surface area (Å²) < 4.78 is 0. The maximum atomic E-state index is 13.2. The summed E-state index contributed by atoms with van der Waals surface area (Å²) in [7, 11) is 0. The Morgan fingerprint density at radius 3 is 2.05 bits per heavy atom. The predicted octanol–water partition coefficient (Wildman–Crippen LogP) is 0.465. The maximum Gasteiger partial charge on any atom is 0.326 e. The lowest BCUT2D eigenvalue weighted by atomic mass is 9.96. The standard InChI is InChI=1S/C25H38N4O8S/c1-4-14(2)21(29-22(33)17(26)13-15-5-7-16(30)8-6-15)24(35)27-18(11-12-38-3)23(34)28-19(25(36)37)9-10-20(31)32/h5-8,14,17-19,21,30H,4,9-13,26H2,1-3H3,(H,27,35)(H,28,34)(H,29,33)(H,31,32)(H,36,37). The number of carboxylic acids is 2. The van der Waals surface area contributed by atoms with Crippen molar-refractivity contribution < 1.29 is 39.3 Å². The van der Waals surface area contributed by atoms with Crippen molar-refractivity contribution in [3.05, 3.63) is 29.8 Å². The molecule has 0 spiro atoms. The van der Waals surface area contributed by atoms with Gasteiger partial charge in [0.1, 0.15) is 23.9 Å². The zero-order valence-corrected chi connectivity index (χ0v) is 22.6. The van der Waals surface area contributed by atoms with Crippen molar-refractivity contribution in [2.75, 3.05) is 12.0 Å². The van der Waals surface area contributed by atoms with Crippen LogP contribution in [0.5, 0.6) is 5.75 Å². The monoisotopic (exact) mass is 554 g/mol. The fourth-order valence-electron chi connectivity index (χ4n) is 3.50. The fourth-order valence-corrected chi connectivity index (χ4v) is 3.98.